The molecule has 0 spiro atoms. The Hall–Kier alpha value is -2.95. The van der Waals surface area contributed by atoms with Gasteiger partial charge in [-0.2, -0.15) is 0 Å². The van der Waals surface area contributed by atoms with Crippen molar-refractivity contribution < 1.29 is 13.6 Å². The SMILES string of the molecule is Cc1ccc(CN(C)C(=O)N[C@H](c2ccccc2)c2ccco2)o1. The fourth-order valence-electron chi connectivity index (χ4n) is 2.53. The molecule has 0 radical (unpaired) electrons. The van der Waals surface area contributed by atoms with Gasteiger partial charge in [0.05, 0.1) is 12.8 Å². The molecule has 0 unspecified atom stereocenters. The van der Waals surface area contributed by atoms with Gasteiger partial charge in [0.25, 0.3) is 0 Å². The first-order chi connectivity index (χ1) is 11.6. The van der Waals surface area contributed by atoms with E-state index in [9.17, 15) is 4.79 Å². The second kappa shape index (κ2) is 7.08. The number of nitrogens with one attached hydrogen (secondary N) is 1. The van der Waals surface area contributed by atoms with E-state index in [0.717, 1.165) is 17.1 Å². The predicted octanol–water partition coefficient (Wildman–Crippen LogP) is 4.11. The molecule has 0 aliphatic heterocycles. The number of aryl methyl sites for hydroxylation is 1. The Labute approximate surface area is 140 Å². The third kappa shape index (κ3) is 3.68. The third-order valence-corrected chi connectivity index (χ3v) is 3.76. The molecule has 1 aromatic carbocycles. The Morgan fingerprint density at radius 1 is 1.12 bits per heavy atom. The zero-order chi connectivity index (χ0) is 16.9. The molecule has 0 aliphatic rings. The van der Waals surface area contributed by atoms with Gasteiger partial charge in [-0.3, -0.25) is 0 Å². The number of benzene rings is 1. The number of hydrogen-bond acceptors (Lipinski definition) is 3. The first-order valence-corrected chi connectivity index (χ1v) is 7.79. The molecular formula is C19H20N2O3. The van der Waals surface area contributed by atoms with Crippen molar-refractivity contribution in [3.63, 3.8) is 0 Å². The molecule has 2 aromatic heterocycles. The lowest BCUT2D eigenvalue weighted by Crippen LogP contribution is -2.39. The zero-order valence-electron chi connectivity index (χ0n) is 13.7. The smallest absolute Gasteiger partial charge is 0.318 e. The number of rotatable bonds is 5. The maximum absolute atomic E-state index is 12.6. The van der Waals surface area contributed by atoms with E-state index >= 15 is 0 Å². The predicted molar refractivity (Wildman–Crippen MR) is 90.4 cm³/mol. The van der Waals surface area contributed by atoms with Gasteiger partial charge in [0.15, 0.2) is 0 Å². The van der Waals surface area contributed by atoms with Gasteiger partial charge >= 0.3 is 6.03 Å². The molecule has 0 saturated carbocycles. The first kappa shape index (κ1) is 15.9. The van der Waals surface area contributed by atoms with E-state index in [1.165, 1.54) is 0 Å². The summed E-state index contributed by atoms with van der Waals surface area (Å²) >= 11 is 0. The van der Waals surface area contributed by atoms with E-state index in [2.05, 4.69) is 5.32 Å². The Morgan fingerprint density at radius 2 is 1.92 bits per heavy atom. The summed E-state index contributed by atoms with van der Waals surface area (Å²) in [6.07, 6.45) is 1.60. The second-order valence-corrected chi connectivity index (χ2v) is 5.68. The number of amides is 2. The molecule has 24 heavy (non-hydrogen) atoms. The molecule has 0 saturated heterocycles. The van der Waals surface area contributed by atoms with Crippen LogP contribution in [0.5, 0.6) is 0 Å². The van der Waals surface area contributed by atoms with Gasteiger partial charge in [-0.05, 0) is 36.8 Å². The highest BCUT2D eigenvalue weighted by Gasteiger charge is 2.21. The molecule has 0 aliphatic carbocycles. The number of carbonyl (C=O) groups is 1. The van der Waals surface area contributed by atoms with Crippen molar-refractivity contribution in [2.24, 2.45) is 0 Å². The molecule has 0 bridgehead atoms. The lowest BCUT2D eigenvalue weighted by Gasteiger charge is -2.22. The number of urea groups is 1. The van der Waals surface area contributed by atoms with Gasteiger partial charge in [0.2, 0.25) is 0 Å². The van der Waals surface area contributed by atoms with Crippen LogP contribution in [-0.4, -0.2) is 18.0 Å². The maximum Gasteiger partial charge on any atom is 0.318 e. The third-order valence-electron chi connectivity index (χ3n) is 3.76. The van der Waals surface area contributed by atoms with Crippen molar-refractivity contribution >= 4 is 6.03 Å². The number of nitrogens with zero attached hydrogens (tertiary/aromatic N) is 1. The summed E-state index contributed by atoms with van der Waals surface area (Å²) in [5.41, 5.74) is 0.961. The van der Waals surface area contributed by atoms with Crippen molar-refractivity contribution in [1.29, 1.82) is 0 Å². The number of carbonyl (C=O) groups excluding carboxylic acids is 1. The van der Waals surface area contributed by atoms with Gasteiger partial charge in [-0.15, -0.1) is 0 Å². The molecule has 2 amide bonds. The Bertz CT molecular complexity index is 778. The average molecular weight is 324 g/mol. The van der Waals surface area contributed by atoms with Crippen LogP contribution in [0.25, 0.3) is 0 Å². The van der Waals surface area contributed by atoms with Crippen molar-refractivity contribution in [2.45, 2.75) is 19.5 Å². The minimum atomic E-state index is -0.338. The molecule has 124 valence electrons. The van der Waals surface area contributed by atoms with Crippen LogP contribution < -0.4 is 5.32 Å². The fraction of sp³-hybridized carbons (Fsp3) is 0.211. The fourth-order valence-corrected chi connectivity index (χ4v) is 2.53. The van der Waals surface area contributed by atoms with Crippen molar-refractivity contribution in [3.05, 3.63) is 83.7 Å². The summed E-state index contributed by atoms with van der Waals surface area (Å²) in [5, 5.41) is 3.01. The van der Waals surface area contributed by atoms with Crippen LogP contribution in [0.15, 0.2) is 69.7 Å². The van der Waals surface area contributed by atoms with Gasteiger partial charge in [0.1, 0.15) is 23.3 Å². The average Bonchev–Trinajstić information content (AvgIpc) is 3.25. The zero-order valence-corrected chi connectivity index (χ0v) is 13.7. The highest BCUT2D eigenvalue weighted by molar-refractivity contribution is 5.74. The molecule has 5 nitrogen and oxygen atoms in total. The molecule has 1 atom stereocenters. The monoisotopic (exact) mass is 324 g/mol. The second-order valence-electron chi connectivity index (χ2n) is 5.68. The summed E-state index contributed by atoms with van der Waals surface area (Å²) in [7, 11) is 1.73. The van der Waals surface area contributed by atoms with Crippen LogP contribution in [0.4, 0.5) is 4.79 Å². The van der Waals surface area contributed by atoms with E-state index in [1.54, 1.807) is 18.2 Å². The summed E-state index contributed by atoms with van der Waals surface area (Å²) in [6, 6.07) is 16.6. The standard InChI is InChI=1S/C19H20N2O3/c1-14-10-11-16(24-14)13-21(2)19(22)20-18(17-9-6-12-23-17)15-7-4-3-5-8-15/h3-12,18H,13H2,1-2H3,(H,20,22)/t18-/m1/s1. The van der Waals surface area contributed by atoms with E-state index in [1.807, 2.05) is 61.5 Å². The maximum atomic E-state index is 12.6. The molecule has 3 rings (SSSR count). The summed E-state index contributed by atoms with van der Waals surface area (Å²) in [5.74, 6) is 2.27. The van der Waals surface area contributed by atoms with Crippen LogP contribution >= 0.6 is 0 Å². The first-order valence-electron chi connectivity index (χ1n) is 7.79. The molecular weight excluding hydrogens is 304 g/mol. The summed E-state index contributed by atoms with van der Waals surface area (Å²) < 4.78 is 11.0. The van der Waals surface area contributed by atoms with E-state index in [0.29, 0.717) is 12.3 Å². The summed E-state index contributed by atoms with van der Waals surface area (Å²) in [6.45, 7) is 2.28. The molecule has 2 heterocycles. The van der Waals surface area contributed by atoms with E-state index in [4.69, 9.17) is 8.83 Å². The Morgan fingerprint density at radius 3 is 2.54 bits per heavy atom. The highest BCUT2D eigenvalue weighted by Crippen LogP contribution is 2.22. The van der Waals surface area contributed by atoms with Gasteiger partial charge in [-0.25, -0.2) is 4.79 Å². The summed E-state index contributed by atoms with van der Waals surface area (Å²) in [4.78, 5) is 14.1. The van der Waals surface area contributed by atoms with Crippen molar-refractivity contribution in [2.75, 3.05) is 7.05 Å². The highest BCUT2D eigenvalue weighted by atomic mass is 16.3. The molecule has 1 N–H and O–H groups in total. The molecule has 3 aromatic rings. The Kier molecular flexibility index (Phi) is 4.70. The van der Waals surface area contributed by atoms with Crippen LogP contribution in [0, 0.1) is 6.92 Å². The largest absolute Gasteiger partial charge is 0.467 e. The van der Waals surface area contributed by atoms with Crippen molar-refractivity contribution in [3.8, 4) is 0 Å². The van der Waals surface area contributed by atoms with Gasteiger partial charge in [0, 0.05) is 7.05 Å². The van der Waals surface area contributed by atoms with E-state index in [-0.39, 0.29) is 12.1 Å². The van der Waals surface area contributed by atoms with Gasteiger partial charge in [-0.1, -0.05) is 30.3 Å². The molecule has 5 heteroatoms. The Balaban J connectivity index is 1.73. The molecule has 0 fully saturated rings. The lowest BCUT2D eigenvalue weighted by atomic mass is 10.0. The minimum absolute atomic E-state index is 0.200. The normalized spacial score (nSPS) is 11.9. The minimum Gasteiger partial charge on any atom is -0.467 e. The number of hydrogen-bond donors (Lipinski definition) is 1. The van der Waals surface area contributed by atoms with Crippen LogP contribution in [-0.2, 0) is 6.54 Å². The van der Waals surface area contributed by atoms with Crippen molar-refractivity contribution in [1.82, 2.24) is 10.2 Å². The topological polar surface area (TPSA) is 58.6 Å². The van der Waals surface area contributed by atoms with Gasteiger partial charge < -0.3 is 19.1 Å². The van der Waals surface area contributed by atoms with E-state index < -0.39 is 0 Å². The lowest BCUT2D eigenvalue weighted by molar-refractivity contribution is 0.199. The van der Waals surface area contributed by atoms with Crippen LogP contribution in [0.2, 0.25) is 0 Å². The quantitative estimate of drug-likeness (QED) is 0.768. The van der Waals surface area contributed by atoms with Crippen LogP contribution in [0.1, 0.15) is 28.9 Å². The van der Waals surface area contributed by atoms with Crippen LogP contribution in [0.3, 0.4) is 0 Å². The number of furan rings is 2.